The Bertz CT molecular complexity index is 795. The maximum atomic E-state index is 5.62. The monoisotopic (exact) mass is 497 g/mol. The molecule has 2 aromatic rings. The highest BCUT2D eigenvalue weighted by atomic mass is 127. The lowest BCUT2D eigenvalue weighted by Crippen LogP contribution is -2.54. The number of nitrogens with one attached hydrogen (secondary N) is 2. The molecule has 0 atom stereocenters. The average Bonchev–Trinajstić information content (AvgIpc) is 2.99. The molecule has 0 saturated heterocycles. The lowest BCUT2D eigenvalue weighted by molar-refractivity contribution is 0.107. The zero-order valence-corrected chi connectivity index (χ0v) is 19.8. The summed E-state index contributed by atoms with van der Waals surface area (Å²) in [6.07, 6.45) is 1.11. The Hall–Kier alpha value is -1.61. The van der Waals surface area contributed by atoms with Gasteiger partial charge in [-0.15, -0.1) is 24.0 Å². The Morgan fingerprint density at radius 1 is 1.21 bits per heavy atom. The molecule has 28 heavy (non-hydrogen) atoms. The number of oxazole rings is 1. The summed E-state index contributed by atoms with van der Waals surface area (Å²) in [6.45, 7) is 11.8. The van der Waals surface area contributed by atoms with E-state index < -0.39 is 0 Å². The third-order valence-corrected chi connectivity index (χ3v) is 5.38. The maximum Gasteiger partial charge on any atom is 0.214 e. The number of guanidine groups is 1. The number of hydrogen-bond acceptors (Lipinski definition) is 4. The summed E-state index contributed by atoms with van der Waals surface area (Å²) in [6, 6.07) is 8.75. The van der Waals surface area contributed by atoms with Crippen LogP contribution in [0.4, 0.5) is 0 Å². The highest BCUT2D eigenvalue weighted by Gasteiger charge is 2.29. The topological polar surface area (TPSA) is 65.7 Å². The minimum atomic E-state index is 0. The van der Waals surface area contributed by atoms with E-state index in [1.54, 1.807) is 7.05 Å². The molecule has 6 nitrogen and oxygen atoms in total. The number of aliphatic imine (C=N–C) groups is 1. The van der Waals surface area contributed by atoms with Crippen LogP contribution in [0.3, 0.4) is 0 Å². The van der Waals surface area contributed by atoms with E-state index in [1.807, 2.05) is 13.8 Å². The molecular weight excluding hydrogens is 465 g/mol. The predicted molar refractivity (Wildman–Crippen MR) is 124 cm³/mol. The lowest BCUT2D eigenvalue weighted by atomic mass is 9.94. The van der Waals surface area contributed by atoms with Crippen LogP contribution in [0, 0.1) is 13.8 Å². The number of nitrogens with zero attached hydrogens (tertiary/aromatic N) is 3. The van der Waals surface area contributed by atoms with E-state index in [9.17, 15) is 0 Å². The van der Waals surface area contributed by atoms with E-state index in [1.165, 1.54) is 11.1 Å². The fourth-order valence-corrected chi connectivity index (χ4v) is 3.42. The van der Waals surface area contributed by atoms with E-state index in [0.717, 1.165) is 43.5 Å². The highest BCUT2D eigenvalue weighted by Crippen LogP contribution is 2.24. The Morgan fingerprint density at radius 3 is 2.57 bits per heavy atom. The number of rotatable bonds is 5. The second-order valence-corrected chi connectivity index (χ2v) is 7.78. The molecule has 2 heterocycles. The van der Waals surface area contributed by atoms with E-state index in [4.69, 9.17) is 4.42 Å². The van der Waals surface area contributed by atoms with Crippen molar-refractivity contribution in [3.63, 3.8) is 0 Å². The Morgan fingerprint density at radius 2 is 1.93 bits per heavy atom. The molecule has 0 spiro atoms. The molecule has 0 bridgehead atoms. The van der Waals surface area contributed by atoms with E-state index >= 15 is 0 Å². The largest absolute Gasteiger partial charge is 0.444 e. The average molecular weight is 497 g/mol. The van der Waals surface area contributed by atoms with Gasteiger partial charge in [0.15, 0.2) is 5.96 Å². The smallest absolute Gasteiger partial charge is 0.214 e. The summed E-state index contributed by atoms with van der Waals surface area (Å²) < 4.78 is 5.62. The summed E-state index contributed by atoms with van der Waals surface area (Å²) in [5.74, 6) is 2.30. The van der Waals surface area contributed by atoms with Crippen LogP contribution in [-0.4, -0.2) is 41.5 Å². The fraction of sp³-hybridized carbons (Fsp3) is 0.524. The van der Waals surface area contributed by atoms with Gasteiger partial charge in [0, 0.05) is 32.2 Å². The standard InChI is InChI=1S/C21H31N5O.HI/c1-15-16(2)27-19(25-15)12-23-20(22-5)24-14-21(3,4)26-11-10-17-8-6-7-9-18(17)13-26;/h6-9H,10-14H2,1-5H3,(H2,22,23,24);1H. The van der Waals surface area contributed by atoms with Crippen LogP contribution < -0.4 is 10.6 Å². The number of halogens is 1. The molecule has 1 aromatic carbocycles. The van der Waals surface area contributed by atoms with Gasteiger partial charge in [0.1, 0.15) is 5.76 Å². The Balaban J connectivity index is 0.00000280. The summed E-state index contributed by atoms with van der Waals surface area (Å²) in [5.41, 5.74) is 3.86. The predicted octanol–water partition coefficient (Wildman–Crippen LogP) is 3.41. The summed E-state index contributed by atoms with van der Waals surface area (Å²) in [5, 5.41) is 6.73. The van der Waals surface area contributed by atoms with Gasteiger partial charge in [-0.3, -0.25) is 9.89 Å². The molecule has 1 aliphatic heterocycles. The zero-order valence-electron chi connectivity index (χ0n) is 17.5. The molecule has 0 radical (unpaired) electrons. The molecule has 3 rings (SSSR count). The minimum absolute atomic E-state index is 0. The van der Waals surface area contributed by atoms with Crippen LogP contribution in [0.5, 0.6) is 0 Å². The van der Waals surface area contributed by atoms with E-state index in [0.29, 0.717) is 12.4 Å². The van der Waals surface area contributed by atoms with Crippen molar-refractivity contribution in [2.45, 2.75) is 52.7 Å². The van der Waals surface area contributed by atoms with E-state index in [-0.39, 0.29) is 29.5 Å². The van der Waals surface area contributed by atoms with Crippen LogP contribution in [0.1, 0.15) is 42.3 Å². The maximum absolute atomic E-state index is 5.62. The van der Waals surface area contributed by atoms with Gasteiger partial charge in [0.25, 0.3) is 0 Å². The Labute approximate surface area is 185 Å². The number of fused-ring (bicyclic) bond motifs is 1. The second-order valence-electron chi connectivity index (χ2n) is 7.78. The lowest BCUT2D eigenvalue weighted by Gasteiger charge is -2.42. The minimum Gasteiger partial charge on any atom is -0.444 e. The van der Waals surface area contributed by atoms with Gasteiger partial charge >= 0.3 is 0 Å². The summed E-state index contributed by atoms with van der Waals surface area (Å²) in [4.78, 5) is 11.3. The first-order chi connectivity index (χ1) is 12.9. The third-order valence-electron chi connectivity index (χ3n) is 5.38. The Kier molecular flexibility index (Phi) is 7.88. The van der Waals surface area contributed by atoms with Crippen molar-refractivity contribution in [3.05, 3.63) is 52.7 Å². The molecule has 0 saturated carbocycles. The molecular formula is C21H32IN5O. The molecule has 2 N–H and O–H groups in total. The van der Waals surface area contributed by atoms with Gasteiger partial charge in [0.2, 0.25) is 5.89 Å². The van der Waals surface area contributed by atoms with Gasteiger partial charge in [-0.05, 0) is 45.2 Å². The number of hydrogen-bond donors (Lipinski definition) is 2. The van der Waals surface area contributed by atoms with Crippen LogP contribution in [0.15, 0.2) is 33.7 Å². The van der Waals surface area contributed by atoms with E-state index in [2.05, 4.69) is 63.6 Å². The van der Waals surface area contributed by atoms with Crippen molar-refractivity contribution in [1.29, 1.82) is 0 Å². The van der Waals surface area contributed by atoms with Crippen LogP contribution >= 0.6 is 24.0 Å². The summed E-state index contributed by atoms with van der Waals surface area (Å²) in [7, 11) is 1.78. The SMILES string of the molecule is CN=C(NCc1nc(C)c(C)o1)NCC(C)(C)N1CCc2ccccc2C1.I. The van der Waals surface area contributed by atoms with Gasteiger partial charge < -0.3 is 15.1 Å². The van der Waals surface area contributed by atoms with Gasteiger partial charge in [-0.1, -0.05) is 24.3 Å². The first-order valence-corrected chi connectivity index (χ1v) is 9.58. The normalized spacial score (nSPS) is 15.0. The molecule has 0 fully saturated rings. The van der Waals surface area contributed by atoms with Crippen LogP contribution in [0.2, 0.25) is 0 Å². The molecule has 1 aliphatic rings. The zero-order chi connectivity index (χ0) is 19.4. The van der Waals surface area contributed by atoms with Gasteiger partial charge in [-0.25, -0.2) is 4.98 Å². The fourth-order valence-electron chi connectivity index (χ4n) is 3.42. The number of aryl methyl sites for hydroxylation is 2. The second kappa shape index (κ2) is 9.73. The molecule has 0 aliphatic carbocycles. The van der Waals surface area contributed by atoms with Crippen molar-refractivity contribution < 1.29 is 4.42 Å². The van der Waals surface area contributed by atoms with Crippen molar-refractivity contribution in [1.82, 2.24) is 20.5 Å². The first kappa shape index (κ1) is 22.7. The van der Waals surface area contributed by atoms with Crippen molar-refractivity contribution >= 4 is 29.9 Å². The highest BCUT2D eigenvalue weighted by molar-refractivity contribution is 14.0. The first-order valence-electron chi connectivity index (χ1n) is 9.58. The van der Waals surface area contributed by atoms with Gasteiger partial charge in [0.05, 0.1) is 12.2 Å². The van der Waals surface area contributed by atoms with Gasteiger partial charge in [-0.2, -0.15) is 0 Å². The number of aromatic nitrogens is 1. The molecule has 7 heteroatoms. The molecule has 0 unspecified atom stereocenters. The van der Waals surface area contributed by atoms with Crippen molar-refractivity contribution in [2.75, 3.05) is 20.1 Å². The number of benzene rings is 1. The van der Waals surface area contributed by atoms with Crippen molar-refractivity contribution in [2.24, 2.45) is 4.99 Å². The van der Waals surface area contributed by atoms with Crippen molar-refractivity contribution in [3.8, 4) is 0 Å². The summed E-state index contributed by atoms with van der Waals surface area (Å²) >= 11 is 0. The molecule has 1 aromatic heterocycles. The molecule has 0 amide bonds. The van der Waals surface area contributed by atoms with Crippen LogP contribution in [0.25, 0.3) is 0 Å². The quantitative estimate of drug-likeness (QED) is 0.377. The van der Waals surface area contributed by atoms with Crippen LogP contribution in [-0.2, 0) is 19.5 Å². The third kappa shape index (κ3) is 5.47. The molecule has 154 valence electrons.